The van der Waals surface area contributed by atoms with Crippen LogP contribution in [0.25, 0.3) is 10.9 Å². The fraction of sp³-hybridized carbons (Fsp3) is 0.222. The third-order valence-corrected chi connectivity index (χ3v) is 4.01. The molecular weight excluding hydrogens is 356 g/mol. The van der Waals surface area contributed by atoms with Gasteiger partial charge in [-0.2, -0.15) is 0 Å². The summed E-state index contributed by atoms with van der Waals surface area (Å²) in [7, 11) is 0. The van der Waals surface area contributed by atoms with Gasteiger partial charge in [0, 0.05) is 23.6 Å². The number of rotatable bonds is 5. The Kier molecular flexibility index (Phi) is 4.88. The minimum atomic E-state index is 0. The molecule has 4 rings (SSSR count). The minimum Gasteiger partial charge on any atom is -1.00 e. The number of hydrogen-bond acceptors (Lipinski definition) is 3. The third-order valence-electron chi connectivity index (χ3n) is 4.01. The van der Waals surface area contributed by atoms with Crippen molar-refractivity contribution in [2.24, 2.45) is 0 Å². The molecule has 23 heavy (non-hydrogen) atoms. The first-order chi connectivity index (χ1) is 10.9. The lowest BCUT2D eigenvalue weighted by Gasteiger charge is -2.05. The lowest BCUT2D eigenvalue weighted by molar-refractivity contribution is -0.00000598. The van der Waals surface area contributed by atoms with E-state index in [1.165, 1.54) is 22.0 Å². The number of aromatic amines is 1. The Labute approximate surface area is 147 Å². The molecule has 0 spiro atoms. The van der Waals surface area contributed by atoms with Gasteiger partial charge in [0.1, 0.15) is 0 Å². The molecule has 0 aliphatic carbocycles. The topological polar surface area (TPSA) is 46.3 Å². The summed E-state index contributed by atoms with van der Waals surface area (Å²) in [4.78, 5) is 3.32. The highest BCUT2D eigenvalue weighted by molar-refractivity contribution is 5.83. The van der Waals surface area contributed by atoms with E-state index in [2.05, 4.69) is 46.8 Å². The van der Waals surface area contributed by atoms with Gasteiger partial charge in [-0.05, 0) is 42.3 Å². The summed E-state index contributed by atoms with van der Waals surface area (Å²) in [5.74, 6) is 1.68. The molecule has 1 aliphatic rings. The molecule has 0 radical (unpaired) electrons. The number of H-pyrrole nitrogens is 1. The van der Waals surface area contributed by atoms with Crippen LogP contribution in [0.2, 0.25) is 0 Å². The number of halogens is 1. The van der Waals surface area contributed by atoms with Crippen LogP contribution in [0.4, 0.5) is 0 Å². The monoisotopic (exact) mass is 374 g/mol. The summed E-state index contributed by atoms with van der Waals surface area (Å²) in [5, 5.41) is 4.80. The van der Waals surface area contributed by atoms with E-state index >= 15 is 0 Å². The Morgan fingerprint density at radius 1 is 1.09 bits per heavy atom. The zero-order valence-corrected chi connectivity index (χ0v) is 14.2. The van der Waals surface area contributed by atoms with Crippen molar-refractivity contribution in [3.05, 3.63) is 59.8 Å². The maximum absolute atomic E-state index is 5.40. The highest BCUT2D eigenvalue weighted by atomic mass is 79.9. The van der Waals surface area contributed by atoms with E-state index < -0.39 is 0 Å². The van der Waals surface area contributed by atoms with Crippen LogP contribution in [0, 0.1) is 0 Å². The second-order valence-electron chi connectivity index (χ2n) is 5.47. The van der Waals surface area contributed by atoms with Gasteiger partial charge in [0.05, 0.1) is 0 Å². The zero-order chi connectivity index (χ0) is 14.8. The molecule has 1 aliphatic heterocycles. The molecule has 0 saturated carbocycles. The van der Waals surface area contributed by atoms with Gasteiger partial charge in [-0.1, -0.05) is 24.3 Å². The standard InChI is InChI=1S/C18H18N2O2.BrH/c1-2-4-16-15(3-1)14(11-20-16)7-8-19-10-13-5-6-17-18(9-13)22-12-21-17;/h1-6,9,11,19-20H,7-8,10,12H2;1H. The van der Waals surface area contributed by atoms with Crippen molar-refractivity contribution in [1.29, 1.82) is 0 Å². The number of fused-ring (bicyclic) bond motifs is 2. The van der Waals surface area contributed by atoms with Crippen molar-refractivity contribution in [3.8, 4) is 11.5 Å². The number of aromatic nitrogens is 1. The Bertz CT molecular complexity index is 807. The van der Waals surface area contributed by atoms with E-state index in [4.69, 9.17) is 9.47 Å². The first-order valence-electron chi connectivity index (χ1n) is 7.54. The van der Waals surface area contributed by atoms with Crippen LogP contribution in [0.15, 0.2) is 48.7 Å². The molecule has 0 bridgehead atoms. The summed E-state index contributed by atoms with van der Waals surface area (Å²) >= 11 is 0. The second-order valence-corrected chi connectivity index (χ2v) is 5.47. The molecule has 1 aromatic heterocycles. The first kappa shape index (κ1) is 15.9. The van der Waals surface area contributed by atoms with Crippen molar-refractivity contribution >= 4 is 10.9 Å². The lowest BCUT2D eigenvalue weighted by Crippen LogP contribution is -3.00. The summed E-state index contributed by atoms with van der Waals surface area (Å²) in [6.07, 6.45) is 3.11. The smallest absolute Gasteiger partial charge is 1.00 e. The summed E-state index contributed by atoms with van der Waals surface area (Å²) in [6, 6.07) is 14.5. The molecule has 4 nitrogen and oxygen atoms in total. The maximum Gasteiger partial charge on any atom is 1.00 e. The van der Waals surface area contributed by atoms with Crippen LogP contribution in [-0.4, -0.2) is 18.3 Å². The van der Waals surface area contributed by atoms with E-state index in [1.54, 1.807) is 0 Å². The Hall–Kier alpha value is -1.98. The van der Waals surface area contributed by atoms with E-state index in [0.717, 1.165) is 31.0 Å². The molecule has 120 valence electrons. The lowest BCUT2D eigenvalue weighted by atomic mass is 10.1. The molecule has 5 heteroatoms. The van der Waals surface area contributed by atoms with E-state index in [9.17, 15) is 0 Å². The van der Waals surface area contributed by atoms with E-state index in [-0.39, 0.29) is 18.4 Å². The third kappa shape index (κ3) is 3.35. The van der Waals surface area contributed by atoms with Crippen LogP contribution < -0.4 is 31.8 Å². The molecule has 0 atom stereocenters. The second kappa shape index (κ2) is 7.06. The Morgan fingerprint density at radius 3 is 2.91 bits per heavy atom. The number of benzene rings is 2. The Balaban J connectivity index is 0.00000104. The fourth-order valence-corrected chi connectivity index (χ4v) is 2.85. The average Bonchev–Trinajstić information content (AvgIpc) is 3.18. The summed E-state index contributed by atoms with van der Waals surface area (Å²) in [6.45, 7) is 2.10. The molecule has 0 amide bonds. The van der Waals surface area contributed by atoms with E-state index in [1.807, 2.05) is 12.1 Å². The van der Waals surface area contributed by atoms with Crippen molar-refractivity contribution < 1.29 is 27.9 Å². The van der Waals surface area contributed by atoms with Gasteiger partial charge < -0.3 is 36.8 Å². The maximum atomic E-state index is 5.40. The van der Waals surface area contributed by atoms with Crippen molar-refractivity contribution in [2.75, 3.05) is 13.3 Å². The minimum absolute atomic E-state index is 0. The van der Waals surface area contributed by atoms with Crippen LogP contribution in [0.5, 0.6) is 11.5 Å². The highest BCUT2D eigenvalue weighted by Gasteiger charge is 2.12. The SMILES string of the molecule is [Br-].[H+].c1ccc2c(CCNCc3ccc4c(c3)OCO4)c[nH]c2c1. The van der Waals surface area contributed by atoms with Gasteiger partial charge in [0.15, 0.2) is 11.5 Å². The van der Waals surface area contributed by atoms with Gasteiger partial charge in [-0.15, -0.1) is 0 Å². The van der Waals surface area contributed by atoms with Gasteiger partial charge in [-0.25, -0.2) is 0 Å². The van der Waals surface area contributed by atoms with Gasteiger partial charge >= 0.3 is 1.43 Å². The van der Waals surface area contributed by atoms with Crippen LogP contribution in [0.3, 0.4) is 0 Å². The van der Waals surface area contributed by atoms with Gasteiger partial charge in [-0.3, -0.25) is 0 Å². The van der Waals surface area contributed by atoms with Crippen molar-refractivity contribution in [1.82, 2.24) is 10.3 Å². The molecule has 0 saturated heterocycles. The average molecular weight is 375 g/mol. The highest BCUT2D eigenvalue weighted by Crippen LogP contribution is 2.32. The van der Waals surface area contributed by atoms with Crippen LogP contribution >= 0.6 is 0 Å². The predicted octanol–water partition coefficient (Wildman–Crippen LogP) is 0.345. The summed E-state index contributed by atoms with van der Waals surface area (Å²) in [5.41, 5.74) is 3.77. The molecule has 2 aromatic carbocycles. The number of para-hydroxylation sites is 1. The molecule has 2 N–H and O–H groups in total. The van der Waals surface area contributed by atoms with E-state index in [0.29, 0.717) is 6.79 Å². The van der Waals surface area contributed by atoms with Crippen LogP contribution in [-0.2, 0) is 13.0 Å². The number of nitrogens with one attached hydrogen (secondary N) is 2. The summed E-state index contributed by atoms with van der Waals surface area (Å²) < 4.78 is 10.7. The quantitative estimate of drug-likeness (QED) is 0.633. The predicted molar refractivity (Wildman–Crippen MR) is 87.4 cm³/mol. The molecule has 3 aromatic rings. The van der Waals surface area contributed by atoms with Crippen LogP contribution in [0.1, 0.15) is 12.6 Å². The molecule has 0 fully saturated rings. The van der Waals surface area contributed by atoms with Crippen molar-refractivity contribution in [2.45, 2.75) is 13.0 Å². The van der Waals surface area contributed by atoms with Crippen molar-refractivity contribution in [3.63, 3.8) is 0 Å². The normalized spacial score (nSPS) is 12.3. The molecule has 2 heterocycles. The molecular formula is C18H19BrN2O2. The number of hydrogen-bond donors (Lipinski definition) is 2. The molecule has 0 unspecified atom stereocenters. The first-order valence-corrected chi connectivity index (χ1v) is 7.54. The largest absolute Gasteiger partial charge is 1.00 e. The van der Waals surface area contributed by atoms with Gasteiger partial charge in [0.2, 0.25) is 6.79 Å². The fourth-order valence-electron chi connectivity index (χ4n) is 2.85. The Morgan fingerprint density at radius 2 is 1.96 bits per heavy atom. The zero-order valence-electron chi connectivity index (χ0n) is 13.6. The van der Waals surface area contributed by atoms with Gasteiger partial charge in [0.25, 0.3) is 0 Å². The number of ether oxygens (including phenoxy) is 2.